The number of nitrogens with zero attached hydrogens (tertiary/aromatic N) is 2. The molecule has 0 saturated heterocycles. The van der Waals surface area contributed by atoms with E-state index >= 15 is 0 Å². The smallest absolute Gasteiger partial charge is 0.208 e. The maximum Gasteiger partial charge on any atom is 0.208 e. The van der Waals surface area contributed by atoms with Gasteiger partial charge in [0, 0.05) is 30.0 Å². The van der Waals surface area contributed by atoms with Crippen molar-refractivity contribution in [2.45, 2.75) is 0 Å². The molecule has 0 unspecified atom stereocenters. The first-order valence-electron chi connectivity index (χ1n) is 5.54. The highest BCUT2D eigenvalue weighted by Crippen LogP contribution is 2.21. The fourth-order valence-electron chi connectivity index (χ4n) is 1.58. The minimum Gasteiger partial charge on any atom is -0.382 e. The first-order chi connectivity index (χ1) is 8.96. The van der Waals surface area contributed by atoms with Crippen molar-refractivity contribution >= 4 is 42.7 Å². The maximum absolute atomic E-state index is 10.9. The van der Waals surface area contributed by atoms with Crippen LogP contribution in [0.1, 0.15) is 0 Å². The molecule has 19 heavy (non-hydrogen) atoms. The molecule has 0 aliphatic carbocycles. The molecule has 8 heteroatoms. The zero-order valence-corrected chi connectivity index (χ0v) is 12.6. The molecule has 0 aromatic carbocycles. The van der Waals surface area contributed by atoms with Crippen LogP contribution in [0.15, 0.2) is 29.0 Å². The van der Waals surface area contributed by atoms with Crippen molar-refractivity contribution in [3.05, 3.63) is 29.0 Å². The predicted molar refractivity (Wildman–Crippen MR) is 78.6 cm³/mol. The number of fused-ring (bicyclic) bond motifs is 1. The summed E-state index contributed by atoms with van der Waals surface area (Å²) in [6.45, 7) is 0.795. The van der Waals surface area contributed by atoms with E-state index in [-0.39, 0.29) is 0 Å². The zero-order chi connectivity index (χ0) is 13.9. The van der Waals surface area contributed by atoms with E-state index < -0.39 is 10.0 Å². The molecular formula is C11H13BrN4O2S. The van der Waals surface area contributed by atoms with E-state index in [2.05, 4.69) is 35.9 Å². The van der Waals surface area contributed by atoms with Gasteiger partial charge in [-0.25, -0.2) is 13.1 Å². The lowest BCUT2D eigenvalue weighted by atomic mass is 10.3. The van der Waals surface area contributed by atoms with Gasteiger partial charge in [0.05, 0.1) is 17.5 Å². The molecule has 2 aromatic rings. The summed E-state index contributed by atoms with van der Waals surface area (Å²) < 4.78 is 25.1. The minimum atomic E-state index is -3.15. The second-order valence-corrected chi connectivity index (χ2v) is 6.72. The molecule has 0 aliphatic heterocycles. The average Bonchev–Trinajstić information content (AvgIpc) is 2.33. The predicted octanol–water partition coefficient (Wildman–Crippen LogP) is 1.35. The fourth-order valence-corrected chi connectivity index (χ4v) is 2.37. The highest BCUT2D eigenvalue weighted by molar-refractivity contribution is 9.10. The van der Waals surface area contributed by atoms with Crippen LogP contribution >= 0.6 is 15.9 Å². The van der Waals surface area contributed by atoms with E-state index in [4.69, 9.17) is 0 Å². The van der Waals surface area contributed by atoms with Crippen molar-refractivity contribution in [2.75, 3.05) is 24.7 Å². The fraction of sp³-hybridized carbons (Fsp3) is 0.273. The highest BCUT2D eigenvalue weighted by atomic mass is 79.9. The third kappa shape index (κ3) is 4.12. The van der Waals surface area contributed by atoms with Gasteiger partial charge in [0.1, 0.15) is 5.52 Å². The van der Waals surface area contributed by atoms with E-state index in [0.717, 1.165) is 27.4 Å². The van der Waals surface area contributed by atoms with Crippen LogP contribution in [0.5, 0.6) is 0 Å². The van der Waals surface area contributed by atoms with Gasteiger partial charge < -0.3 is 5.32 Å². The SMILES string of the molecule is CS(=O)(=O)NCCNc1ccnc2cc(Br)cnc12. The molecule has 0 amide bonds. The number of nitrogens with one attached hydrogen (secondary N) is 2. The second kappa shape index (κ2) is 5.81. The number of hydrogen-bond acceptors (Lipinski definition) is 5. The summed E-state index contributed by atoms with van der Waals surface area (Å²) in [5, 5.41) is 3.13. The Hall–Kier alpha value is -1.25. The van der Waals surface area contributed by atoms with Gasteiger partial charge >= 0.3 is 0 Å². The average molecular weight is 345 g/mol. The Bertz CT molecular complexity index is 690. The summed E-state index contributed by atoms with van der Waals surface area (Å²) in [5.74, 6) is 0. The molecule has 0 radical (unpaired) electrons. The van der Waals surface area contributed by atoms with Crippen LogP contribution in [0.3, 0.4) is 0 Å². The monoisotopic (exact) mass is 344 g/mol. The Morgan fingerprint density at radius 1 is 1.32 bits per heavy atom. The first-order valence-corrected chi connectivity index (χ1v) is 8.23. The Balaban J connectivity index is 2.09. The van der Waals surface area contributed by atoms with Gasteiger partial charge in [-0.1, -0.05) is 0 Å². The number of aromatic nitrogens is 2. The van der Waals surface area contributed by atoms with Gasteiger partial charge in [-0.05, 0) is 28.1 Å². The highest BCUT2D eigenvalue weighted by Gasteiger charge is 2.04. The molecule has 0 aliphatic rings. The van der Waals surface area contributed by atoms with Crippen molar-refractivity contribution in [3.63, 3.8) is 0 Å². The Morgan fingerprint density at radius 2 is 2.11 bits per heavy atom. The largest absolute Gasteiger partial charge is 0.382 e. The Kier molecular flexibility index (Phi) is 4.33. The number of hydrogen-bond donors (Lipinski definition) is 2. The van der Waals surface area contributed by atoms with Crippen LogP contribution in [-0.2, 0) is 10.0 Å². The van der Waals surface area contributed by atoms with Gasteiger partial charge in [0.15, 0.2) is 0 Å². The summed E-state index contributed by atoms with van der Waals surface area (Å²) in [7, 11) is -3.15. The zero-order valence-electron chi connectivity index (χ0n) is 10.2. The van der Waals surface area contributed by atoms with E-state index in [1.807, 2.05) is 12.1 Å². The number of rotatable bonds is 5. The van der Waals surface area contributed by atoms with Crippen LogP contribution < -0.4 is 10.0 Å². The van der Waals surface area contributed by atoms with Gasteiger partial charge in [-0.2, -0.15) is 0 Å². The molecule has 0 bridgehead atoms. The van der Waals surface area contributed by atoms with Gasteiger partial charge in [-0.3, -0.25) is 9.97 Å². The third-order valence-electron chi connectivity index (χ3n) is 2.35. The molecule has 2 N–H and O–H groups in total. The number of sulfonamides is 1. The molecule has 0 fully saturated rings. The molecule has 2 aromatic heterocycles. The molecule has 102 valence electrons. The van der Waals surface area contributed by atoms with Crippen molar-refractivity contribution in [2.24, 2.45) is 0 Å². The second-order valence-electron chi connectivity index (χ2n) is 3.97. The Morgan fingerprint density at radius 3 is 2.84 bits per heavy atom. The minimum absolute atomic E-state index is 0.319. The van der Waals surface area contributed by atoms with Crippen molar-refractivity contribution in [1.82, 2.24) is 14.7 Å². The summed E-state index contributed by atoms with van der Waals surface area (Å²) >= 11 is 3.34. The van der Waals surface area contributed by atoms with Crippen molar-refractivity contribution in [3.8, 4) is 0 Å². The van der Waals surface area contributed by atoms with Crippen LogP contribution in [-0.4, -0.2) is 37.7 Å². The molecule has 2 rings (SSSR count). The molecule has 0 spiro atoms. The van der Waals surface area contributed by atoms with E-state index in [9.17, 15) is 8.42 Å². The van der Waals surface area contributed by atoms with Crippen LogP contribution in [0.25, 0.3) is 11.0 Å². The number of halogens is 1. The van der Waals surface area contributed by atoms with Crippen LogP contribution in [0, 0.1) is 0 Å². The summed E-state index contributed by atoms with van der Waals surface area (Å²) in [5.41, 5.74) is 2.35. The lowest BCUT2D eigenvalue weighted by Gasteiger charge is -2.09. The van der Waals surface area contributed by atoms with Gasteiger partial charge in [0.25, 0.3) is 0 Å². The van der Waals surface area contributed by atoms with Gasteiger partial charge in [0.2, 0.25) is 10.0 Å². The van der Waals surface area contributed by atoms with E-state index in [1.165, 1.54) is 0 Å². The molecule has 0 atom stereocenters. The van der Waals surface area contributed by atoms with Crippen LogP contribution in [0.2, 0.25) is 0 Å². The normalized spacial score (nSPS) is 11.7. The third-order valence-corrected chi connectivity index (χ3v) is 3.51. The summed E-state index contributed by atoms with van der Waals surface area (Å²) in [4.78, 5) is 8.52. The van der Waals surface area contributed by atoms with E-state index in [1.54, 1.807) is 12.4 Å². The Labute approximate surface area is 119 Å². The van der Waals surface area contributed by atoms with Crippen molar-refractivity contribution in [1.29, 1.82) is 0 Å². The molecule has 6 nitrogen and oxygen atoms in total. The molecular weight excluding hydrogens is 332 g/mol. The first kappa shape index (κ1) is 14.2. The topological polar surface area (TPSA) is 84.0 Å². The standard InChI is InChI=1S/C11H13BrN4O2S/c1-19(17,18)16-5-4-14-9-2-3-13-10-6-8(12)7-15-11(9)10/h2-3,6-7,16H,4-5H2,1H3,(H,13,14). The molecule has 0 saturated carbocycles. The summed E-state index contributed by atoms with van der Waals surface area (Å²) in [6, 6.07) is 3.69. The van der Waals surface area contributed by atoms with Crippen LogP contribution in [0.4, 0.5) is 5.69 Å². The quantitative estimate of drug-likeness (QED) is 0.800. The van der Waals surface area contributed by atoms with Gasteiger partial charge in [-0.15, -0.1) is 0 Å². The lowest BCUT2D eigenvalue weighted by molar-refractivity contribution is 0.589. The lowest BCUT2D eigenvalue weighted by Crippen LogP contribution is -2.27. The summed E-state index contributed by atoms with van der Waals surface area (Å²) in [6.07, 6.45) is 4.51. The molecule has 2 heterocycles. The van der Waals surface area contributed by atoms with E-state index in [0.29, 0.717) is 13.1 Å². The maximum atomic E-state index is 10.9. The van der Waals surface area contributed by atoms with Crippen molar-refractivity contribution < 1.29 is 8.42 Å². The number of anilines is 1. The number of pyridine rings is 2.